The quantitative estimate of drug-likeness (QED) is 0.608. The van der Waals surface area contributed by atoms with Gasteiger partial charge < -0.3 is 5.73 Å². The SMILES string of the molecule is N[C@H](CS)c1ncccn1. The maximum absolute atomic E-state index is 5.59. The Hall–Kier alpha value is -0.610. The van der Waals surface area contributed by atoms with Gasteiger partial charge >= 0.3 is 0 Å². The minimum atomic E-state index is -0.149. The molecule has 0 spiro atoms. The second-order valence-corrected chi connectivity index (χ2v) is 2.26. The molecule has 0 radical (unpaired) electrons. The van der Waals surface area contributed by atoms with Crippen LogP contribution in [0.25, 0.3) is 0 Å². The van der Waals surface area contributed by atoms with Crippen molar-refractivity contribution >= 4 is 12.6 Å². The van der Waals surface area contributed by atoms with Gasteiger partial charge in [-0.25, -0.2) is 9.97 Å². The van der Waals surface area contributed by atoms with Crippen LogP contribution in [0.4, 0.5) is 0 Å². The van der Waals surface area contributed by atoms with E-state index in [1.54, 1.807) is 18.5 Å². The lowest BCUT2D eigenvalue weighted by Crippen LogP contribution is -2.14. The largest absolute Gasteiger partial charge is 0.321 e. The van der Waals surface area contributed by atoms with Gasteiger partial charge in [-0.15, -0.1) is 0 Å². The van der Waals surface area contributed by atoms with Crippen LogP contribution >= 0.6 is 12.6 Å². The molecular formula is C6H9N3S. The number of rotatable bonds is 2. The van der Waals surface area contributed by atoms with Crippen molar-refractivity contribution in [2.24, 2.45) is 5.73 Å². The Kier molecular flexibility index (Phi) is 2.65. The fourth-order valence-electron chi connectivity index (χ4n) is 0.584. The highest BCUT2D eigenvalue weighted by Gasteiger charge is 2.03. The van der Waals surface area contributed by atoms with Crippen molar-refractivity contribution in [2.75, 3.05) is 5.75 Å². The molecule has 0 saturated heterocycles. The van der Waals surface area contributed by atoms with Gasteiger partial charge in [0.05, 0.1) is 6.04 Å². The molecular weight excluding hydrogens is 146 g/mol. The Morgan fingerprint density at radius 3 is 2.60 bits per heavy atom. The van der Waals surface area contributed by atoms with Crippen molar-refractivity contribution in [3.63, 3.8) is 0 Å². The van der Waals surface area contributed by atoms with Gasteiger partial charge in [0.2, 0.25) is 0 Å². The summed E-state index contributed by atoms with van der Waals surface area (Å²) in [5.74, 6) is 1.22. The lowest BCUT2D eigenvalue weighted by atomic mass is 10.3. The second kappa shape index (κ2) is 3.53. The van der Waals surface area contributed by atoms with Crippen molar-refractivity contribution in [1.82, 2.24) is 9.97 Å². The normalized spacial score (nSPS) is 13.0. The summed E-state index contributed by atoms with van der Waals surface area (Å²) in [6.45, 7) is 0. The zero-order valence-corrected chi connectivity index (χ0v) is 6.33. The van der Waals surface area contributed by atoms with Gasteiger partial charge in [-0.3, -0.25) is 0 Å². The van der Waals surface area contributed by atoms with Gasteiger partial charge in [0.1, 0.15) is 5.82 Å². The third-order valence-corrected chi connectivity index (χ3v) is 1.51. The molecule has 1 rings (SSSR count). The standard InChI is InChI=1S/C6H9N3S/c7-5(4-10)6-8-2-1-3-9-6/h1-3,5,10H,4,7H2/t5-/m1/s1. The average Bonchev–Trinajstić information content (AvgIpc) is 2.05. The first-order valence-corrected chi connectivity index (χ1v) is 3.61. The highest BCUT2D eigenvalue weighted by atomic mass is 32.1. The Labute approximate surface area is 65.1 Å². The first-order chi connectivity index (χ1) is 4.84. The molecule has 0 fully saturated rings. The van der Waals surface area contributed by atoms with Crippen LogP contribution in [0.3, 0.4) is 0 Å². The molecule has 2 N–H and O–H groups in total. The lowest BCUT2D eigenvalue weighted by molar-refractivity contribution is 0.751. The van der Waals surface area contributed by atoms with Gasteiger partial charge in [-0.1, -0.05) is 0 Å². The Morgan fingerprint density at radius 2 is 2.10 bits per heavy atom. The summed E-state index contributed by atoms with van der Waals surface area (Å²) < 4.78 is 0. The molecule has 54 valence electrons. The molecule has 0 aliphatic heterocycles. The summed E-state index contributed by atoms with van der Waals surface area (Å²) in [5, 5.41) is 0. The van der Waals surface area contributed by atoms with Crippen LogP contribution in [-0.2, 0) is 0 Å². The highest BCUT2D eigenvalue weighted by molar-refractivity contribution is 7.80. The highest BCUT2D eigenvalue weighted by Crippen LogP contribution is 2.02. The monoisotopic (exact) mass is 155 g/mol. The molecule has 0 amide bonds. The van der Waals surface area contributed by atoms with E-state index in [1.807, 2.05) is 0 Å². The number of hydrogen-bond acceptors (Lipinski definition) is 4. The summed E-state index contributed by atoms with van der Waals surface area (Å²) in [6.07, 6.45) is 3.34. The zero-order valence-electron chi connectivity index (χ0n) is 5.44. The van der Waals surface area contributed by atoms with Crippen molar-refractivity contribution in [2.45, 2.75) is 6.04 Å². The topological polar surface area (TPSA) is 51.8 Å². The van der Waals surface area contributed by atoms with Crippen molar-refractivity contribution in [3.05, 3.63) is 24.3 Å². The van der Waals surface area contributed by atoms with E-state index in [9.17, 15) is 0 Å². The molecule has 10 heavy (non-hydrogen) atoms. The Morgan fingerprint density at radius 1 is 1.50 bits per heavy atom. The summed E-state index contributed by atoms with van der Waals surface area (Å²) in [5.41, 5.74) is 5.59. The number of thiol groups is 1. The summed E-state index contributed by atoms with van der Waals surface area (Å²) >= 11 is 4.02. The smallest absolute Gasteiger partial charge is 0.145 e. The van der Waals surface area contributed by atoms with Crippen LogP contribution < -0.4 is 5.73 Å². The third-order valence-electron chi connectivity index (χ3n) is 1.11. The molecule has 0 bridgehead atoms. The predicted molar refractivity (Wildman–Crippen MR) is 42.8 cm³/mol. The van der Waals surface area contributed by atoms with Crippen LogP contribution in [0, 0.1) is 0 Å². The molecule has 3 nitrogen and oxygen atoms in total. The zero-order chi connectivity index (χ0) is 7.40. The van der Waals surface area contributed by atoms with Crippen molar-refractivity contribution in [3.8, 4) is 0 Å². The molecule has 0 aliphatic rings. The van der Waals surface area contributed by atoms with Crippen LogP contribution in [0.2, 0.25) is 0 Å². The average molecular weight is 155 g/mol. The van der Waals surface area contributed by atoms with Crippen LogP contribution in [-0.4, -0.2) is 15.7 Å². The molecule has 1 atom stereocenters. The molecule has 0 unspecified atom stereocenters. The van der Waals surface area contributed by atoms with Crippen LogP contribution in [0.15, 0.2) is 18.5 Å². The summed E-state index contributed by atoms with van der Waals surface area (Å²) in [7, 11) is 0. The van der Waals surface area contributed by atoms with E-state index in [-0.39, 0.29) is 6.04 Å². The van der Waals surface area contributed by atoms with E-state index in [1.165, 1.54) is 0 Å². The summed E-state index contributed by atoms with van der Waals surface area (Å²) in [6, 6.07) is 1.61. The van der Waals surface area contributed by atoms with Crippen molar-refractivity contribution < 1.29 is 0 Å². The number of nitrogens with zero attached hydrogens (tertiary/aromatic N) is 2. The Balaban J connectivity index is 2.75. The fraction of sp³-hybridized carbons (Fsp3) is 0.333. The summed E-state index contributed by atoms with van der Waals surface area (Å²) in [4.78, 5) is 7.93. The van der Waals surface area contributed by atoms with Crippen molar-refractivity contribution in [1.29, 1.82) is 0 Å². The van der Waals surface area contributed by atoms with Gasteiger partial charge in [0.15, 0.2) is 0 Å². The Bertz CT molecular complexity index is 189. The molecule has 1 aromatic heterocycles. The molecule has 1 aromatic rings. The predicted octanol–water partition coefficient (Wildman–Crippen LogP) is 0.406. The first-order valence-electron chi connectivity index (χ1n) is 2.98. The van der Waals surface area contributed by atoms with Crippen LogP contribution in [0.1, 0.15) is 11.9 Å². The number of nitrogens with two attached hydrogens (primary N) is 1. The maximum Gasteiger partial charge on any atom is 0.145 e. The molecule has 0 aromatic carbocycles. The molecule has 0 aliphatic carbocycles. The van der Waals surface area contributed by atoms with E-state index in [0.717, 1.165) is 0 Å². The van der Waals surface area contributed by atoms with E-state index < -0.39 is 0 Å². The van der Waals surface area contributed by atoms with E-state index in [4.69, 9.17) is 5.73 Å². The minimum absolute atomic E-state index is 0.149. The van der Waals surface area contributed by atoms with Gasteiger partial charge in [-0.2, -0.15) is 12.6 Å². The number of hydrogen-bond donors (Lipinski definition) is 2. The van der Waals surface area contributed by atoms with Gasteiger partial charge in [0, 0.05) is 18.1 Å². The first kappa shape index (κ1) is 7.50. The van der Waals surface area contributed by atoms with Gasteiger partial charge in [-0.05, 0) is 6.07 Å². The third kappa shape index (κ3) is 1.68. The minimum Gasteiger partial charge on any atom is -0.321 e. The molecule has 0 saturated carbocycles. The van der Waals surface area contributed by atoms with E-state index in [0.29, 0.717) is 11.6 Å². The lowest BCUT2D eigenvalue weighted by Gasteiger charge is -2.03. The molecule has 4 heteroatoms. The van der Waals surface area contributed by atoms with Crippen LogP contribution in [0.5, 0.6) is 0 Å². The second-order valence-electron chi connectivity index (χ2n) is 1.90. The van der Waals surface area contributed by atoms with Gasteiger partial charge in [0.25, 0.3) is 0 Å². The molecule has 1 heterocycles. The number of aromatic nitrogens is 2. The maximum atomic E-state index is 5.59. The van der Waals surface area contributed by atoms with E-state index >= 15 is 0 Å². The fourth-order valence-corrected chi connectivity index (χ4v) is 0.747. The van der Waals surface area contributed by atoms with E-state index in [2.05, 4.69) is 22.6 Å².